The van der Waals surface area contributed by atoms with E-state index in [1.165, 1.54) is 6.42 Å². The Bertz CT molecular complexity index is 934. The molecule has 43 heavy (non-hydrogen) atoms. The Morgan fingerprint density at radius 1 is 0.814 bits per heavy atom. The molecule has 3 atom stereocenters. The van der Waals surface area contributed by atoms with E-state index in [2.05, 4.69) is 67.8 Å². The summed E-state index contributed by atoms with van der Waals surface area (Å²) in [6.07, 6.45) is 32.9. The predicted molar refractivity (Wildman–Crippen MR) is 180 cm³/mol. The van der Waals surface area contributed by atoms with E-state index in [9.17, 15) is 19.4 Å². The number of nitrogens with one attached hydrogen (secondary N) is 1. The van der Waals surface area contributed by atoms with E-state index >= 15 is 0 Å². The standard InChI is InChI=1S/C34H59N2O6P/c1-6-8-10-12-14-16-17-18-19-20-22-24-26-28-34(38)35-32(31-42-43(39,40)41-30-29-36(3,4)5)33(37)27-25-23-21-15-13-11-9-7-2/h8,10,13-16,18-19,22,24-25,27,32-33,37H,6-7,9,11-12,17,20-21,23,26,28-31H2,1-5H3,(H-,35,38,39,40)/p+1/b10-8-,15-13+,16-14-,19-18-,24-22-,27-25+. The first-order chi connectivity index (χ1) is 20.5. The van der Waals surface area contributed by atoms with E-state index in [1.807, 2.05) is 39.4 Å². The number of likely N-dealkylation sites (N-methyl/N-ethyl adjacent to an activating group) is 1. The zero-order valence-electron chi connectivity index (χ0n) is 27.4. The molecule has 9 heteroatoms. The second kappa shape index (κ2) is 26.4. The van der Waals surface area contributed by atoms with Crippen LogP contribution in [0.4, 0.5) is 0 Å². The lowest BCUT2D eigenvalue weighted by Gasteiger charge is -2.25. The number of aliphatic hydroxyl groups excluding tert-OH is 1. The Balaban J connectivity index is 4.81. The summed E-state index contributed by atoms with van der Waals surface area (Å²) in [5.74, 6) is -0.277. The second-order valence-electron chi connectivity index (χ2n) is 11.4. The van der Waals surface area contributed by atoms with Crippen LogP contribution in [0.2, 0.25) is 0 Å². The van der Waals surface area contributed by atoms with Gasteiger partial charge in [-0.1, -0.05) is 99.6 Å². The van der Waals surface area contributed by atoms with Crippen LogP contribution in [0, 0.1) is 0 Å². The zero-order valence-corrected chi connectivity index (χ0v) is 28.3. The van der Waals surface area contributed by atoms with Crippen LogP contribution >= 0.6 is 7.82 Å². The number of carbonyl (C=O) groups excluding carboxylic acids is 1. The van der Waals surface area contributed by atoms with Gasteiger partial charge in [0.05, 0.1) is 39.9 Å². The molecule has 0 radical (unpaired) electrons. The minimum Gasteiger partial charge on any atom is -0.387 e. The number of unbranched alkanes of at least 4 members (excludes halogenated alkanes) is 3. The number of rotatable bonds is 26. The first-order valence-electron chi connectivity index (χ1n) is 15.8. The number of hydrogen-bond donors (Lipinski definition) is 3. The Labute approximate surface area is 262 Å². The van der Waals surface area contributed by atoms with Gasteiger partial charge in [0, 0.05) is 6.42 Å². The lowest BCUT2D eigenvalue weighted by atomic mass is 10.1. The molecule has 0 aliphatic rings. The first-order valence-corrected chi connectivity index (χ1v) is 17.3. The van der Waals surface area contributed by atoms with Gasteiger partial charge in [-0.3, -0.25) is 13.8 Å². The highest BCUT2D eigenvalue weighted by atomic mass is 31.2. The van der Waals surface area contributed by atoms with Gasteiger partial charge >= 0.3 is 7.82 Å². The molecule has 0 heterocycles. The van der Waals surface area contributed by atoms with Gasteiger partial charge in [-0.25, -0.2) is 4.57 Å². The molecule has 0 aliphatic carbocycles. The highest BCUT2D eigenvalue weighted by Crippen LogP contribution is 2.43. The number of hydrogen-bond acceptors (Lipinski definition) is 5. The fraction of sp³-hybridized carbons (Fsp3) is 0.618. The van der Waals surface area contributed by atoms with Gasteiger partial charge in [0.2, 0.25) is 5.91 Å². The number of nitrogens with zero attached hydrogens (tertiary/aromatic N) is 1. The van der Waals surface area contributed by atoms with E-state index in [0.717, 1.165) is 51.4 Å². The van der Waals surface area contributed by atoms with Gasteiger partial charge in [-0.05, 0) is 51.4 Å². The van der Waals surface area contributed by atoms with Crippen LogP contribution in [-0.4, -0.2) is 73.4 Å². The molecule has 0 saturated carbocycles. The van der Waals surface area contributed by atoms with Crippen molar-refractivity contribution in [3.05, 3.63) is 72.9 Å². The van der Waals surface area contributed by atoms with Crippen molar-refractivity contribution in [2.75, 3.05) is 40.9 Å². The minimum atomic E-state index is -4.35. The normalized spacial score (nSPS) is 16.0. The average Bonchev–Trinajstić information content (AvgIpc) is 2.94. The third-order valence-corrected chi connectivity index (χ3v) is 7.16. The van der Waals surface area contributed by atoms with Crippen molar-refractivity contribution in [2.24, 2.45) is 0 Å². The van der Waals surface area contributed by atoms with Crippen molar-refractivity contribution in [3.8, 4) is 0 Å². The Morgan fingerprint density at radius 2 is 1.37 bits per heavy atom. The number of allylic oxidation sites excluding steroid dienone is 11. The van der Waals surface area contributed by atoms with Gasteiger partial charge in [0.15, 0.2) is 0 Å². The molecule has 0 saturated heterocycles. The highest BCUT2D eigenvalue weighted by molar-refractivity contribution is 7.47. The second-order valence-corrected chi connectivity index (χ2v) is 12.9. The number of phosphoric acid groups is 1. The number of phosphoric ester groups is 1. The van der Waals surface area contributed by atoms with Crippen LogP contribution in [0.15, 0.2) is 72.9 Å². The maximum absolute atomic E-state index is 12.6. The monoisotopic (exact) mass is 623 g/mol. The number of aliphatic hydroxyl groups is 1. The molecule has 0 rings (SSSR count). The van der Waals surface area contributed by atoms with Crippen molar-refractivity contribution in [1.29, 1.82) is 0 Å². The van der Waals surface area contributed by atoms with Crippen LogP contribution in [0.5, 0.6) is 0 Å². The van der Waals surface area contributed by atoms with Crippen LogP contribution < -0.4 is 5.32 Å². The van der Waals surface area contributed by atoms with E-state index in [-0.39, 0.29) is 25.5 Å². The third kappa shape index (κ3) is 28.5. The molecular weight excluding hydrogens is 563 g/mol. The summed E-state index contributed by atoms with van der Waals surface area (Å²) in [6.45, 7) is 4.48. The Morgan fingerprint density at radius 3 is 1.98 bits per heavy atom. The molecule has 0 bridgehead atoms. The molecule has 0 fully saturated rings. The number of quaternary nitrogens is 1. The molecule has 0 aromatic rings. The summed E-state index contributed by atoms with van der Waals surface area (Å²) in [6, 6.07) is -0.899. The van der Waals surface area contributed by atoms with E-state index < -0.39 is 20.0 Å². The summed E-state index contributed by atoms with van der Waals surface area (Å²) < 4.78 is 23.2. The summed E-state index contributed by atoms with van der Waals surface area (Å²) in [5, 5.41) is 13.5. The summed E-state index contributed by atoms with van der Waals surface area (Å²) in [5.41, 5.74) is 0. The number of carbonyl (C=O) groups is 1. The van der Waals surface area contributed by atoms with Crippen molar-refractivity contribution >= 4 is 13.7 Å². The van der Waals surface area contributed by atoms with Crippen molar-refractivity contribution in [1.82, 2.24) is 5.32 Å². The minimum absolute atomic E-state index is 0.0391. The lowest BCUT2D eigenvalue weighted by molar-refractivity contribution is -0.870. The first kappa shape index (κ1) is 40.9. The quantitative estimate of drug-likeness (QED) is 0.0403. The van der Waals surface area contributed by atoms with Crippen LogP contribution in [0.3, 0.4) is 0 Å². The van der Waals surface area contributed by atoms with Crippen molar-refractivity contribution < 1.29 is 32.9 Å². The maximum Gasteiger partial charge on any atom is 0.472 e. The van der Waals surface area contributed by atoms with E-state index in [1.54, 1.807) is 6.08 Å². The molecule has 8 nitrogen and oxygen atoms in total. The molecule has 0 aliphatic heterocycles. The van der Waals surface area contributed by atoms with Gasteiger partial charge < -0.3 is 19.8 Å². The van der Waals surface area contributed by atoms with E-state index in [0.29, 0.717) is 17.4 Å². The van der Waals surface area contributed by atoms with Gasteiger partial charge in [-0.2, -0.15) is 0 Å². The van der Waals surface area contributed by atoms with Crippen molar-refractivity contribution in [2.45, 2.75) is 96.6 Å². The molecule has 3 unspecified atom stereocenters. The molecule has 0 aromatic heterocycles. The largest absolute Gasteiger partial charge is 0.472 e. The van der Waals surface area contributed by atoms with Gasteiger partial charge in [0.1, 0.15) is 13.2 Å². The molecule has 246 valence electrons. The topological polar surface area (TPSA) is 105 Å². The fourth-order valence-corrected chi connectivity index (χ4v) is 4.31. The predicted octanol–water partition coefficient (Wildman–Crippen LogP) is 7.34. The van der Waals surface area contributed by atoms with Gasteiger partial charge in [0.25, 0.3) is 0 Å². The summed E-state index contributed by atoms with van der Waals surface area (Å²) >= 11 is 0. The van der Waals surface area contributed by atoms with Crippen LogP contribution in [0.25, 0.3) is 0 Å². The SMILES string of the molecule is CC/C=C\C/C=C\C/C=C\C/C=C\CCC(=O)NC(COP(=O)(O)OCC[N+](C)(C)C)C(O)/C=C/CC/C=C/CCCC. The molecular formula is C34H60N2O6P+. The lowest BCUT2D eigenvalue weighted by Crippen LogP contribution is -2.45. The Kier molecular flexibility index (Phi) is 25.1. The average molecular weight is 624 g/mol. The molecule has 1 amide bonds. The van der Waals surface area contributed by atoms with E-state index in [4.69, 9.17) is 9.05 Å². The van der Waals surface area contributed by atoms with Gasteiger partial charge in [-0.15, -0.1) is 0 Å². The molecule has 3 N–H and O–H groups in total. The third-order valence-electron chi connectivity index (χ3n) is 6.17. The maximum atomic E-state index is 12.6. The molecule has 0 aromatic carbocycles. The highest BCUT2D eigenvalue weighted by Gasteiger charge is 2.27. The zero-order chi connectivity index (χ0) is 32.2. The van der Waals surface area contributed by atoms with Crippen LogP contribution in [0.1, 0.15) is 84.5 Å². The fourth-order valence-electron chi connectivity index (χ4n) is 3.58. The molecule has 0 spiro atoms. The van der Waals surface area contributed by atoms with Crippen LogP contribution in [-0.2, 0) is 18.4 Å². The Hall–Kier alpha value is -2.06. The van der Waals surface area contributed by atoms with Crippen molar-refractivity contribution in [3.63, 3.8) is 0 Å². The number of amides is 1. The summed E-state index contributed by atoms with van der Waals surface area (Å²) in [4.78, 5) is 22.7. The smallest absolute Gasteiger partial charge is 0.387 e. The summed E-state index contributed by atoms with van der Waals surface area (Å²) in [7, 11) is 1.49.